The van der Waals surface area contributed by atoms with Crippen LogP contribution in [-0.4, -0.2) is 35.4 Å². The lowest BCUT2D eigenvalue weighted by atomic mass is 10.0. The van der Waals surface area contributed by atoms with Crippen molar-refractivity contribution in [2.75, 3.05) is 13.1 Å². The van der Waals surface area contributed by atoms with E-state index in [1.165, 1.54) is 27.1 Å². The summed E-state index contributed by atoms with van der Waals surface area (Å²) < 4.78 is 62.8. The fourth-order valence-electron chi connectivity index (χ4n) is 4.21. The molecule has 1 fully saturated rings. The lowest BCUT2D eigenvalue weighted by molar-refractivity contribution is 0.438. The van der Waals surface area contributed by atoms with Gasteiger partial charge in [-0.05, 0) is 49.2 Å². The number of fused-ring (bicyclic) bond motifs is 1. The van der Waals surface area contributed by atoms with Crippen LogP contribution in [0.1, 0.15) is 12.8 Å². The molecule has 0 atom stereocenters. The Bertz CT molecular complexity index is 1570. The van der Waals surface area contributed by atoms with Crippen LogP contribution in [0.2, 0.25) is 0 Å². The number of nitrogens with zero attached hydrogens (tertiary/aromatic N) is 2. The first kappa shape index (κ1) is 22.3. The average molecular weight is 486 g/mol. The summed E-state index contributed by atoms with van der Waals surface area (Å²) in [5.41, 5.74) is 0.960. The minimum absolute atomic E-state index is 0.0638. The maximum Gasteiger partial charge on any atom is 0.274 e. The highest BCUT2D eigenvalue weighted by Gasteiger charge is 2.28. The minimum Gasteiger partial charge on any atom is -0.454 e. The highest BCUT2D eigenvalue weighted by Crippen LogP contribution is 2.39. The largest absolute Gasteiger partial charge is 0.454 e. The molecule has 2 aromatic heterocycles. The Kier molecular flexibility index (Phi) is 5.49. The Morgan fingerprint density at radius 2 is 1.71 bits per heavy atom. The van der Waals surface area contributed by atoms with E-state index in [1.54, 1.807) is 25.5 Å². The van der Waals surface area contributed by atoms with E-state index in [-0.39, 0.29) is 22.0 Å². The van der Waals surface area contributed by atoms with E-state index in [0.717, 1.165) is 25.0 Å². The van der Waals surface area contributed by atoms with Gasteiger partial charge in [0.2, 0.25) is 10.0 Å². The van der Waals surface area contributed by atoms with Crippen molar-refractivity contribution in [3.8, 4) is 22.6 Å². The fourth-order valence-corrected chi connectivity index (χ4v) is 5.75. The summed E-state index contributed by atoms with van der Waals surface area (Å²) in [6.07, 6.45) is 4.78. The van der Waals surface area contributed by atoms with Gasteiger partial charge in [-0.1, -0.05) is 0 Å². The summed E-state index contributed by atoms with van der Waals surface area (Å²) in [5.74, 6) is -1.70. The van der Waals surface area contributed by atoms with Crippen molar-refractivity contribution in [1.82, 2.24) is 13.9 Å². The molecule has 1 aliphatic rings. The highest BCUT2D eigenvalue weighted by atomic mass is 32.2. The predicted octanol–water partition coefficient (Wildman–Crippen LogP) is 4.39. The van der Waals surface area contributed by atoms with Gasteiger partial charge < -0.3 is 14.3 Å². The molecule has 0 unspecified atom stereocenters. The molecule has 0 radical (unpaired) electrons. The lowest BCUT2D eigenvalue weighted by Gasteiger charge is -2.18. The third-order valence-electron chi connectivity index (χ3n) is 5.95. The SMILES string of the molecule is Cn1cc(-c2cc(S(=O)(=O)N3CCCC3)ccc2Oc2ccc(F)cc2F)c2cc[nH]c2c1=O. The van der Waals surface area contributed by atoms with E-state index in [2.05, 4.69) is 4.98 Å². The molecule has 0 amide bonds. The number of hydrogen-bond acceptors (Lipinski definition) is 4. The Labute approximate surface area is 194 Å². The molecular formula is C24H21F2N3O4S. The van der Waals surface area contributed by atoms with E-state index < -0.39 is 21.7 Å². The van der Waals surface area contributed by atoms with Gasteiger partial charge in [0.25, 0.3) is 5.56 Å². The van der Waals surface area contributed by atoms with Crippen LogP contribution in [0.25, 0.3) is 22.0 Å². The number of rotatable bonds is 5. The quantitative estimate of drug-likeness (QED) is 0.455. The van der Waals surface area contributed by atoms with Gasteiger partial charge in [-0.2, -0.15) is 4.31 Å². The van der Waals surface area contributed by atoms with Crippen LogP contribution in [0.3, 0.4) is 0 Å². The van der Waals surface area contributed by atoms with Crippen LogP contribution in [0.15, 0.2) is 64.5 Å². The molecule has 0 bridgehead atoms. The van der Waals surface area contributed by atoms with Gasteiger partial charge in [0.05, 0.1) is 4.90 Å². The summed E-state index contributed by atoms with van der Waals surface area (Å²) >= 11 is 0. The molecule has 1 N–H and O–H groups in total. The Morgan fingerprint density at radius 1 is 0.971 bits per heavy atom. The van der Waals surface area contributed by atoms with Crippen LogP contribution in [0.5, 0.6) is 11.5 Å². The molecule has 2 aromatic carbocycles. The first-order valence-corrected chi connectivity index (χ1v) is 12.1. The molecule has 34 heavy (non-hydrogen) atoms. The molecule has 1 aliphatic heterocycles. The first-order valence-electron chi connectivity index (χ1n) is 10.7. The van der Waals surface area contributed by atoms with Gasteiger partial charge in [-0.3, -0.25) is 4.79 Å². The van der Waals surface area contributed by atoms with E-state index in [0.29, 0.717) is 41.2 Å². The van der Waals surface area contributed by atoms with Crippen molar-refractivity contribution in [2.45, 2.75) is 17.7 Å². The third-order valence-corrected chi connectivity index (χ3v) is 7.85. The third kappa shape index (κ3) is 3.78. The molecule has 5 rings (SSSR count). The zero-order chi connectivity index (χ0) is 24.0. The van der Waals surface area contributed by atoms with Crippen molar-refractivity contribution in [1.29, 1.82) is 0 Å². The van der Waals surface area contributed by atoms with Gasteiger partial charge in [-0.25, -0.2) is 17.2 Å². The molecule has 0 spiro atoms. The Hall–Kier alpha value is -3.50. The predicted molar refractivity (Wildman–Crippen MR) is 123 cm³/mol. The molecular weight excluding hydrogens is 464 g/mol. The number of nitrogens with one attached hydrogen (secondary N) is 1. The minimum atomic E-state index is -3.75. The zero-order valence-electron chi connectivity index (χ0n) is 18.2. The summed E-state index contributed by atoms with van der Waals surface area (Å²) in [6.45, 7) is 0.886. The lowest BCUT2D eigenvalue weighted by Crippen LogP contribution is -2.27. The molecule has 1 saturated heterocycles. The summed E-state index contributed by atoms with van der Waals surface area (Å²) in [5, 5.41) is 0.559. The second kappa shape index (κ2) is 8.37. The van der Waals surface area contributed by atoms with Crippen molar-refractivity contribution >= 4 is 20.9 Å². The summed E-state index contributed by atoms with van der Waals surface area (Å²) in [7, 11) is -2.17. The van der Waals surface area contributed by atoms with Gasteiger partial charge in [0.15, 0.2) is 11.6 Å². The van der Waals surface area contributed by atoms with Crippen molar-refractivity contribution < 1.29 is 21.9 Å². The van der Waals surface area contributed by atoms with Crippen molar-refractivity contribution in [3.05, 3.63) is 76.8 Å². The zero-order valence-corrected chi connectivity index (χ0v) is 19.0. The molecule has 3 heterocycles. The smallest absolute Gasteiger partial charge is 0.274 e. The standard InChI is InChI=1S/C24H21F2N3O4S/c1-28-14-19(17-8-9-27-23(17)24(28)30)18-13-16(34(31,32)29-10-2-3-11-29)5-7-21(18)33-22-6-4-15(25)12-20(22)26/h4-9,12-14,27H,2-3,10-11H2,1H3. The second-order valence-electron chi connectivity index (χ2n) is 8.17. The van der Waals surface area contributed by atoms with Crippen molar-refractivity contribution in [2.24, 2.45) is 7.05 Å². The molecule has 0 saturated carbocycles. The van der Waals surface area contributed by atoms with Crippen molar-refractivity contribution in [3.63, 3.8) is 0 Å². The van der Waals surface area contributed by atoms with Crippen LogP contribution < -0.4 is 10.3 Å². The van der Waals surface area contributed by atoms with Crippen LogP contribution in [-0.2, 0) is 17.1 Å². The molecule has 0 aliphatic carbocycles. The maximum atomic E-state index is 14.3. The molecule has 176 valence electrons. The first-order chi connectivity index (χ1) is 16.3. The van der Waals surface area contributed by atoms with Gasteiger partial charge in [0.1, 0.15) is 17.1 Å². The number of H-pyrrole nitrogens is 1. The normalized spacial score (nSPS) is 14.7. The second-order valence-corrected chi connectivity index (χ2v) is 10.1. The van der Waals surface area contributed by atoms with Crippen LogP contribution in [0.4, 0.5) is 8.78 Å². The van der Waals surface area contributed by atoms with E-state index in [9.17, 15) is 22.0 Å². The fraction of sp³-hybridized carbons (Fsp3) is 0.208. The number of sulfonamides is 1. The molecule has 10 heteroatoms. The summed E-state index contributed by atoms with van der Waals surface area (Å²) in [6, 6.07) is 8.97. The number of aromatic amines is 1. The molecule has 4 aromatic rings. The Balaban J connectivity index is 1.72. The number of ether oxygens (including phenoxy) is 1. The van der Waals surface area contributed by atoms with Gasteiger partial charge in [0, 0.05) is 55.1 Å². The maximum absolute atomic E-state index is 14.3. The van der Waals surface area contributed by atoms with Crippen LogP contribution >= 0.6 is 0 Å². The topological polar surface area (TPSA) is 84.4 Å². The Morgan fingerprint density at radius 3 is 2.44 bits per heavy atom. The van der Waals surface area contributed by atoms with E-state index >= 15 is 0 Å². The number of halogens is 2. The highest BCUT2D eigenvalue weighted by molar-refractivity contribution is 7.89. The number of aryl methyl sites for hydroxylation is 1. The number of benzene rings is 2. The van der Waals surface area contributed by atoms with Gasteiger partial charge >= 0.3 is 0 Å². The van der Waals surface area contributed by atoms with Crippen LogP contribution in [0, 0.1) is 11.6 Å². The number of aromatic nitrogens is 2. The van der Waals surface area contributed by atoms with E-state index in [1.807, 2.05) is 0 Å². The monoisotopic (exact) mass is 485 g/mol. The summed E-state index contributed by atoms with van der Waals surface area (Å²) in [4.78, 5) is 15.5. The average Bonchev–Trinajstić information content (AvgIpc) is 3.51. The molecule has 7 nitrogen and oxygen atoms in total. The number of hydrogen-bond donors (Lipinski definition) is 1. The van der Waals surface area contributed by atoms with Gasteiger partial charge in [-0.15, -0.1) is 0 Å². The number of pyridine rings is 1. The van der Waals surface area contributed by atoms with E-state index in [4.69, 9.17) is 4.74 Å².